The molecule has 1 aromatic rings. The molecule has 6 heteroatoms. The average Bonchev–Trinajstić information content (AvgIpc) is 2.88. The van der Waals surface area contributed by atoms with Crippen molar-refractivity contribution in [3.05, 3.63) is 17.1 Å². The third kappa shape index (κ3) is 3.87. The normalized spacial score (nSPS) is 21.9. The van der Waals surface area contributed by atoms with Gasteiger partial charge in [0.25, 0.3) is 0 Å². The van der Waals surface area contributed by atoms with E-state index in [1.54, 1.807) is 0 Å². The van der Waals surface area contributed by atoms with Gasteiger partial charge < -0.3 is 15.4 Å². The van der Waals surface area contributed by atoms with E-state index >= 15 is 0 Å². The number of thioether (sulfide) groups is 1. The molecule has 0 radical (unpaired) electrons. The lowest BCUT2D eigenvalue weighted by atomic mass is 10.1. The number of nitrogens with zero attached hydrogens (tertiary/aromatic N) is 2. The van der Waals surface area contributed by atoms with E-state index in [-0.39, 0.29) is 0 Å². The molecule has 0 spiro atoms. The number of hydrogen-bond acceptors (Lipinski definition) is 6. The smallest absolute Gasteiger partial charge is 0.156 e. The first kappa shape index (κ1) is 15.1. The predicted octanol–water partition coefficient (Wildman–Crippen LogP) is 1.62. The third-order valence-corrected chi connectivity index (χ3v) is 5.10. The van der Waals surface area contributed by atoms with Crippen LogP contribution in [0, 0.1) is 0 Å². The third-order valence-electron chi connectivity index (χ3n) is 3.94. The van der Waals surface area contributed by atoms with Gasteiger partial charge in [0.05, 0.1) is 5.69 Å². The predicted molar refractivity (Wildman–Crippen MR) is 87.0 cm³/mol. The topological polar surface area (TPSA) is 59.1 Å². The summed E-state index contributed by atoms with van der Waals surface area (Å²) < 4.78 is 5.49. The zero-order chi connectivity index (χ0) is 14.5. The van der Waals surface area contributed by atoms with E-state index in [1.807, 2.05) is 18.7 Å². The van der Waals surface area contributed by atoms with E-state index in [4.69, 9.17) is 14.7 Å². The minimum atomic E-state index is 0.505. The van der Waals surface area contributed by atoms with Crippen LogP contribution in [-0.4, -0.2) is 47.2 Å². The number of aromatic nitrogens is 2. The fraction of sp³-hybridized carbons (Fsp3) is 0.733. The Morgan fingerprint density at radius 2 is 2.24 bits per heavy atom. The molecule has 0 aliphatic carbocycles. The summed E-state index contributed by atoms with van der Waals surface area (Å²) >= 11 is 2.02. The molecule has 0 aromatic carbocycles. The molecule has 0 unspecified atom stereocenters. The van der Waals surface area contributed by atoms with Crippen LogP contribution in [0.4, 0.5) is 5.82 Å². The van der Waals surface area contributed by atoms with Gasteiger partial charge in [-0.15, -0.1) is 0 Å². The van der Waals surface area contributed by atoms with E-state index in [9.17, 15) is 0 Å². The van der Waals surface area contributed by atoms with Crippen molar-refractivity contribution in [2.75, 3.05) is 36.5 Å². The van der Waals surface area contributed by atoms with Crippen molar-refractivity contribution in [1.29, 1.82) is 0 Å². The second-order valence-corrected chi connectivity index (χ2v) is 6.66. The van der Waals surface area contributed by atoms with Crippen LogP contribution >= 0.6 is 11.8 Å². The van der Waals surface area contributed by atoms with E-state index in [0.29, 0.717) is 19.3 Å². The fourth-order valence-electron chi connectivity index (χ4n) is 2.82. The fourth-order valence-corrected chi connectivity index (χ4v) is 3.97. The lowest BCUT2D eigenvalue weighted by molar-refractivity contribution is 0.128. The van der Waals surface area contributed by atoms with Crippen molar-refractivity contribution in [2.45, 2.75) is 38.8 Å². The van der Waals surface area contributed by atoms with E-state index in [1.165, 1.54) is 29.2 Å². The summed E-state index contributed by atoms with van der Waals surface area (Å²) in [6.45, 7) is 5.21. The molecular weight excluding hydrogens is 284 g/mol. The second-order valence-electron chi connectivity index (χ2n) is 5.51. The van der Waals surface area contributed by atoms with E-state index in [2.05, 4.69) is 10.6 Å². The average molecular weight is 308 g/mol. The Morgan fingerprint density at radius 3 is 3.05 bits per heavy atom. The second kappa shape index (κ2) is 7.42. The highest BCUT2D eigenvalue weighted by Gasteiger charge is 2.21. The minimum absolute atomic E-state index is 0.505. The van der Waals surface area contributed by atoms with Gasteiger partial charge in [0.1, 0.15) is 12.4 Å². The van der Waals surface area contributed by atoms with Crippen molar-refractivity contribution in [1.82, 2.24) is 15.3 Å². The van der Waals surface area contributed by atoms with Gasteiger partial charge in [-0.3, -0.25) is 0 Å². The molecule has 2 aliphatic rings. The maximum Gasteiger partial charge on any atom is 0.156 e. The number of hydrogen-bond donors (Lipinski definition) is 2. The highest BCUT2D eigenvalue weighted by molar-refractivity contribution is 7.99. The maximum absolute atomic E-state index is 5.49. The number of fused-ring (bicyclic) bond motifs is 1. The van der Waals surface area contributed by atoms with Gasteiger partial charge in [0.15, 0.2) is 5.82 Å². The zero-order valence-corrected chi connectivity index (χ0v) is 13.5. The SMILES string of the molecule is CCOCc1nc2c(c(N[C@H]3CCSC3)n1)CCNCC2. The van der Waals surface area contributed by atoms with Crippen molar-refractivity contribution in [2.24, 2.45) is 0 Å². The van der Waals surface area contributed by atoms with Crippen LogP contribution in [0.2, 0.25) is 0 Å². The van der Waals surface area contributed by atoms with Gasteiger partial charge in [-0.05, 0) is 32.1 Å². The number of anilines is 1. The maximum atomic E-state index is 5.49. The van der Waals surface area contributed by atoms with Gasteiger partial charge in [0, 0.05) is 36.9 Å². The summed E-state index contributed by atoms with van der Waals surface area (Å²) in [5.41, 5.74) is 2.50. The molecular formula is C15H24N4OS. The lowest BCUT2D eigenvalue weighted by Crippen LogP contribution is -2.22. The standard InChI is InChI=1S/C15H24N4OS/c1-2-20-9-14-18-13-4-7-16-6-3-12(13)15(19-14)17-11-5-8-21-10-11/h11,16H,2-10H2,1H3,(H,17,18,19)/t11-/m0/s1. The Hall–Kier alpha value is -0.850. The molecule has 116 valence electrons. The molecule has 1 atom stereocenters. The van der Waals surface area contributed by atoms with Crippen molar-refractivity contribution in [3.63, 3.8) is 0 Å². The molecule has 3 heterocycles. The van der Waals surface area contributed by atoms with Crippen molar-refractivity contribution >= 4 is 17.6 Å². The molecule has 5 nitrogen and oxygen atoms in total. The van der Waals surface area contributed by atoms with Gasteiger partial charge in [-0.25, -0.2) is 9.97 Å². The molecule has 0 amide bonds. The van der Waals surface area contributed by atoms with Gasteiger partial charge in [-0.2, -0.15) is 11.8 Å². The Bertz CT molecular complexity index is 477. The summed E-state index contributed by atoms with van der Waals surface area (Å²) in [6.07, 6.45) is 3.21. The molecule has 1 aromatic heterocycles. The van der Waals surface area contributed by atoms with Crippen molar-refractivity contribution in [3.8, 4) is 0 Å². The summed E-state index contributed by atoms with van der Waals surface area (Å²) in [7, 11) is 0. The van der Waals surface area contributed by atoms with E-state index < -0.39 is 0 Å². The van der Waals surface area contributed by atoms with Crippen molar-refractivity contribution < 1.29 is 4.74 Å². The number of nitrogens with one attached hydrogen (secondary N) is 2. The largest absolute Gasteiger partial charge is 0.374 e. The van der Waals surface area contributed by atoms with Crippen LogP contribution in [0.5, 0.6) is 0 Å². The number of ether oxygens (including phenoxy) is 1. The highest BCUT2D eigenvalue weighted by atomic mass is 32.2. The Kier molecular flexibility index (Phi) is 5.32. The molecule has 0 saturated carbocycles. The first-order valence-corrected chi connectivity index (χ1v) is 9.03. The molecule has 3 rings (SSSR count). The van der Waals surface area contributed by atoms with Crippen LogP contribution < -0.4 is 10.6 Å². The highest BCUT2D eigenvalue weighted by Crippen LogP contribution is 2.25. The van der Waals surface area contributed by atoms with Crippen LogP contribution in [0.3, 0.4) is 0 Å². The Balaban J connectivity index is 1.86. The Morgan fingerprint density at radius 1 is 1.33 bits per heavy atom. The lowest BCUT2D eigenvalue weighted by Gasteiger charge is -2.18. The summed E-state index contributed by atoms with van der Waals surface area (Å²) in [4.78, 5) is 9.47. The monoisotopic (exact) mass is 308 g/mol. The molecule has 1 fully saturated rings. The Labute approximate surface area is 130 Å². The quantitative estimate of drug-likeness (QED) is 0.862. The van der Waals surface area contributed by atoms with Crippen LogP contribution in [-0.2, 0) is 24.2 Å². The molecule has 1 saturated heterocycles. The molecule has 2 aliphatic heterocycles. The molecule has 0 bridgehead atoms. The minimum Gasteiger partial charge on any atom is -0.374 e. The summed E-state index contributed by atoms with van der Waals surface area (Å²) in [6, 6.07) is 0.546. The number of rotatable bonds is 5. The summed E-state index contributed by atoms with van der Waals surface area (Å²) in [5, 5.41) is 7.11. The first-order chi connectivity index (χ1) is 10.4. The van der Waals surface area contributed by atoms with Gasteiger partial charge >= 0.3 is 0 Å². The van der Waals surface area contributed by atoms with Gasteiger partial charge in [0.2, 0.25) is 0 Å². The zero-order valence-electron chi connectivity index (χ0n) is 12.7. The van der Waals surface area contributed by atoms with Crippen LogP contribution in [0.15, 0.2) is 0 Å². The summed E-state index contributed by atoms with van der Waals surface area (Å²) in [5.74, 6) is 4.28. The van der Waals surface area contributed by atoms with Gasteiger partial charge in [-0.1, -0.05) is 0 Å². The molecule has 21 heavy (non-hydrogen) atoms. The van der Waals surface area contributed by atoms with Crippen LogP contribution in [0.25, 0.3) is 0 Å². The van der Waals surface area contributed by atoms with Crippen LogP contribution in [0.1, 0.15) is 30.4 Å². The molecule has 2 N–H and O–H groups in total. The van der Waals surface area contributed by atoms with E-state index in [0.717, 1.165) is 37.6 Å². The first-order valence-electron chi connectivity index (χ1n) is 7.88.